The van der Waals surface area contributed by atoms with E-state index in [4.69, 9.17) is 0 Å². The molecular weight excluding hydrogens is 356 g/mol. The Labute approximate surface area is 164 Å². The second-order valence-corrected chi connectivity index (χ2v) is 7.00. The third-order valence-corrected chi connectivity index (χ3v) is 5.18. The average Bonchev–Trinajstić information content (AvgIpc) is 2.70. The van der Waals surface area contributed by atoms with Gasteiger partial charge in [-0.05, 0) is 29.7 Å². The third kappa shape index (κ3) is 4.57. The zero-order valence-corrected chi connectivity index (χ0v) is 15.9. The summed E-state index contributed by atoms with van der Waals surface area (Å²) in [5.74, 6) is -1.08. The first-order valence-electron chi connectivity index (χ1n) is 9.37. The molecule has 0 aliphatic carbocycles. The fourth-order valence-electron chi connectivity index (χ4n) is 3.45. The van der Waals surface area contributed by atoms with E-state index in [-0.39, 0.29) is 23.8 Å². The first-order valence-corrected chi connectivity index (χ1v) is 9.37. The van der Waals surface area contributed by atoms with E-state index >= 15 is 0 Å². The van der Waals surface area contributed by atoms with Crippen molar-refractivity contribution in [2.24, 2.45) is 0 Å². The van der Waals surface area contributed by atoms with Crippen LogP contribution < -0.4 is 0 Å². The Balaban J connectivity index is 1.55. The predicted octanol–water partition coefficient (Wildman–Crippen LogP) is 2.15. The number of carbonyl (C=O) groups excluding carboxylic acids is 2. The molecule has 0 bridgehead atoms. The first-order chi connectivity index (χ1) is 13.5. The van der Waals surface area contributed by atoms with Crippen molar-refractivity contribution in [1.29, 1.82) is 0 Å². The van der Waals surface area contributed by atoms with E-state index in [0.29, 0.717) is 38.2 Å². The third-order valence-electron chi connectivity index (χ3n) is 5.18. The maximum atomic E-state index is 12.6. The molecule has 2 amide bonds. The highest BCUT2D eigenvalue weighted by atomic mass is 16.4. The minimum Gasteiger partial charge on any atom is -0.478 e. The van der Waals surface area contributed by atoms with Gasteiger partial charge in [0, 0.05) is 26.2 Å². The number of aromatic carboxylic acids is 1. The molecular formula is C22H24N2O4. The summed E-state index contributed by atoms with van der Waals surface area (Å²) in [6.45, 7) is 3.92. The van der Waals surface area contributed by atoms with Crippen LogP contribution in [0.4, 0.5) is 0 Å². The minimum atomic E-state index is -1.03. The zero-order valence-electron chi connectivity index (χ0n) is 15.9. The molecule has 1 heterocycles. The highest BCUT2D eigenvalue weighted by molar-refractivity contribution is 5.91. The molecule has 0 aromatic heterocycles. The summed E-state index contributed by atoms with van der Waals surface area (Å²) in [4.78, 5) is 39.9. The quantitative estimate of drug-likeness (QED) is 0.862. The van der Waals surface area contributed by atoms with Gasteiger partial charge in [0.15, 0.2) is 0 Å². The van der Waals surface area contributed by atoms with Gasteiger partial charge in [-0.3, -0.25) is 9.59 Å². The van der Waals surface area contributed by atoms with Crippen LogP contribution in [0.3, 0.4) is 0 Å². The summed E-state index contributed by atoms with van der Waals surface area (Å²) in [6.07, 6.45) is 0.423. The van der Waals surface area contributed by atoms with Crippen molar-refractivity contribution in [3.63, 3.8) is 0 Å². The van der Waals surface area contributed by atoms with Crippen molar-refractivity contribution in [3.8, 4) is 0 Å². The molecule has 1 aliphatic heterocycles. The van der Waals surface area contributed by atoms with Crippen LogP contribution in [-0.2, 0) is 22.4 Å². The van der Waals surface area contributed by atoms with Crippen molar-refractivity contribution >= 4 is 17.8 Å². The number of carboxylic acids is 1. The molecule has 0 unspecified atom stereocenters. The second-order valence-electron chi connectivity index (χ2n) is 7.00. The molecule has 3 rings (SSSR count). The van der Waals surface area contributed by atoms with E-state index in [9.17, 15) is 19.5 Å². The van der Waals surface area contributed by atoms with Crippen molar-refractivity contribution in [2.45, 2.75) is 19.8 Å². The smallest absolute Gasteiger partial charge is 0.335 e. The Bertz CT molecular complexity index is 886. The van der Waals surface area contributed by atoms with Gasteiger partial charge in [-0.1, -0.05) is 42.5 Å². The molecule has 2 aromatic rings. The monoisotopic (exact) mass is 380 g/mol. The summed E-state index contributed by atoms with van der Waals surface area (Å²) < 4.78 is 0. The number of benzene rings is 2. The number of piperazine rings is 1. The number of carboxylic acid groups (broad SMARTS) is 1. The normalized spacial score (nSPS) is 14.0. The molecule has 6 heteroatoms. The number of carbonyl (C=O) groups is 3. The highest BCUT2D eigenvalue weighted by Crippen LogP contribution is 2.14. The van der Waals surface area contributed by atoms with E-state index in [1.54, 1.807) is 28.0 Å². The van der Waals surface area contributed by atoms with E-state index in [2.05, 4.69) is 0 Å². The Kier molecular flexibility index (Phi) is 6.09. The van der Waals surface area contributed by atoms with E-state index in [1.165, 1.54) is 6.07 Å². The van der Waals surface area contributed by atoms with Crippen molar-refractivity contribution < 1.29 is 19.5 Å². The van der Waals surface area contributed by atoms with Gasteiger partial charge in [-0.15, -0.1) is 0 Å². The molecule has 146 valence electrons. The number of hydrogen-bond donors (Lipinski definition) is 1. The second kappa shape index (κ2) is 8.69. The van der Waals surface area contributed by atoms with Crippen LogP contribution >= 0.6 is 0 Å². The molecule has 6 nitrogen and oxygen atoms in total. The summed E-state index contributed by atoms with van der Waals surface area (Å²) in [7, 11) is 0. The molecule has 1 saturated heterocycles. The zero-order chi connectivity index (χ0) is 20.1. The standard InChI is InChI=1S/C22H24N2O4/c1-16-6-2-3-7-17(16)14-20(25)23-10-12-24(13-11-23)21(26)15-18-8-4-5-9-19(18)22(27)28/h2-9H,10-15H2,1H3,(H,27,28). The van der Waals surface area contributed by atoms with E-state index in [1.807, 2.05) is 31.2 Å². The lowest BCUT2D eigenvalue weighted by Crippen LogP contribution is -2.51. The number of hydrogen-bond acceptors (Lipinski definition) is 3. The fourth-order valence-corrected chi connectivity index (χ4v) is 3.45. The van der Waals surface area contributed by atoms with Gasteiger partial charge < -0.3 is 14.9 Å². The number of nitrogens with zero attached hydrogens (tertiary/aromatic N) is 2. The maximum Gasteiger partial charge on any atom is 0.335 e. The van der Waals surface area contributed by atoms with Gasteiger partial charge >= 0.3 is 5.97 Å². The van der Waals surface area contributed by atoms with Crippen LogP contribution in [0.25, 0.3) is 0 Å². The Hall–Kier alpha value is -3.15. The number of rotatable bonds is 5. The lowest BCUT2D eigenvalue weighted by atomic mass is 10.0. The molecule has 0 radical (unpaired) electrons. The summed E-state index contributed by atoms with van der Waals surface area (Å²) in [6, 6.07) is 14.4. The van der Waals surface area contributed by atoms with Gasteiger partial charge in [0.25, 0.3) is 0 Å². The van der Waals surface area contributed by atoms with E-state index in [0.717, 1.165) is 11.1 Å². The lowest BCUT2D eigenvalue weighted by Gasteiger charge is -2.35. The van der Waals surface area contributed by atoms with Crippen LogP contribution in [0.15, 0.2) is 48.5 Å². The van der Waals surface area contributed by atoms with Gasteiger partial charge in [-0.25, -0.2) is 4.79 Å². The van der Waals surface area contributed by atoms with Crippen LogP contribution in [0.1, 0.15) is 27.0 Å². The molecule has 1 fully saturated rings. The average molecular weight is 380 g/mol. The highest BCUT2D eigenvalue weighted by Gasteiger charge is 2.25. The molecule has 28 heavy (non-hydrogen) atoms. The van der Waals surface area contributed by atoms with Gasteiger partial charge in [-0.2, -0.15) is 0 Å². The lowest BCUT2D eigenvalue weighted by molar-refractivity contribution is -0.138. The topological polar surface area (TPSA) is 77.9 Å². The molecule has 0 saturated carbocycles. The largest absolute Gasteiger partial charge is 0.478 e. The van der Waals surface area contributed by atoms with Gasteiger partial charge in [0.05, 0.1) is 18.4 Å². The van der Waals surface area contributed by atoms with Crippen LogP contribution in [0.2, 0.25) is 0 Å². The van der Waals surface area contributed by atoms with Gasteiger partial charge in [0.1, 0.15) is 0 Å². The fraction of sp³-hybridized carbons (Fsp3) is 0.318. The minimum absolute atomic E-state index is 0.0552. The van der Waals surface area contributed by atoms with Gasteiger partial charge in [0.2, 0.25) is 11.8 Å². The summed E-state index contributed by atoms with van der Waals surface area (Å²) >= 11 is 0. The molecule has 0 atom stereocenters. The molecule has 0 spiro atoms. The Morgan fingerprint density at radius 2 is 1.25 bits per heavy atom. The first kappa shape index (κ1) is 19.6. The molecule has 1 aliphatic rings. The Morgan fingerprint density at radius 3 is 1.79 bits per heavy atom. The summed E-state index contributed by atoms with van der Waals surface area (Å²) in [5.41, 5.74) is 2.79. The van der Waals surface area contributed by atoms with Crippen LogP contribution in [0.5, 0.6) is 0 Å². The van der Waals surface area contributed by atoms with Crippen molar-refractivity contribution in [1.82, 2.24) is 9.80 Å². The molecule has 2 aromatic carbocycles. The van der Waals surface area contributed by atoms with Crippen molar-refractivity contribution in [3.05, 3.63) is 70.8 Å². The van der Waals surface area contributed by atoms with Crippen LogP contribution in [0, 0.1) is 6.92 Å². The van der Waals surface area contributed by atoms with Crippen molar-refractivity contribution in [2.75, 3.05) is 26.2 Å². The predicted molar refractivity (Wildman–Crippen MR) is 105 cm³/mol. The van der Waals surface area contributed by atoms with Crippen LogP contribution in [-0.4, -0.2) is 58.9 Å². The van der Waals surface area contributed by atoms with E-state index < -0.39 is 5.97 Å². The Morgan fingerprint density at radius 1 is 0.786 bits per heavy atom. The summed E-state index contributed by atoms with van der Waals surface area (Å²) in [5, 5.41) is 9.26. The molecule has 1 N–H and O–H groups in total. The number of amides is 2. The maximum absolute atomic E-state index is 12.6. The number of aryl methyl sites for hydroxylation is 1. The SMILES string of the molecule is Cc1ccccc1CC(=O)N1CCN(C(=O)Cc2ccccc2C(=O)O)CC1.